The second-order valence-corrected chi connectivity index (χ2v) is 6.67. The molecule has 0 unspecified atom stereocenters. The van der Waals surface area contributed by atoms with Crippen LogP contribution in [0.25, 0.3) is 11.3 Å². The van der Waals surface area contributed by atoms with E-state index in [1.54, 1.807) is 19.9 Å². The maximum absolute atomic E-state index is 11.9. The summed E-state index contributed by atoms with van der Waals surface area (Å²) in [6.07, 6.45) is 0.600. The van der Waals surface area contributed by atoms with Crippen LogP contribution in [0.15, 0.2) is 40.9 Å². The molecule has 0 aliphatic carbocycles. The van der Waals surface area contributed by atoms with Gasteiger partial charge in [-0.1, -0.05) is 49.3 Å². The van der Waals surface area contributed by atoms with Crippen LogP contribution >= 0.6 is 7.60 Å². The van der Waals surface area contributed by atoms with Crippen LogP contribution in [0.4, 0.5) is 0 Å². The Balaban J connectivity index is 2.48. The molecule has 0 amide bonds. The highest BCUT2D eigenvalue weighted by molar-refractivity contribution is 7.53. The lowest BCUT2D eigenvalue weighted by Gasteiger charge is -2.29. The summed E-state index contributed by atoms with van der Waals surface area (Å²) in [4.78, 5) is 19.4. The SMILES string of the molecule is CCC(CC)(c1cc(-c2ccccc2)on1)P(=O)(O)O. The predicted molar refractivity (Wildman–Crippen MR) is 76.2 cm³/mol. The lowest BCUT2D eigenvalue weighted by atomic mass is 9.97. The number of benzene rings is 1. The van der Waals surface area contributed by atoms with E-state index in [4.69, 9.17) is 4.52 Å². The van der Waals surface area contributed by atoms with Crippen molar-refractivity contribution in [2.75, 3.05) is 0 Å². The van der Waals surface area contributed by atoms with E-state index < -0.39 is 12.8 Å². The topological polar surface area (TPSA) is 83.6 Å². The molecule has 0 fully saturated rings. The smallest absolute Gasteiger partial charge is 0.337 e. The van der Waals surface area contributed by atoms with Crippen LogP contribution in [0.1, 0.15) is 32.4 Å². The van der Waals surface area contributed by atoms with Gasteiger partial charge in [0.2, 0.25) is 0 Å². The average Bonchev–Trinajstić information content (AvgIpc) is 2.90. The molecule has 0 radical (unpaired) electrons. The first-order chi connectivity index (χ1) is 9.44. The molecule has 2 N–H and O–H groups in total. The van der Waals surface area contributed by atoms with E-state index >= 15 is 0 Å². The molecule has 2 aromatic rings. The maximum atomic E-state index is 11.9. The summed E-state index contributed by atoms with van der Waals surface area (Å²) in [6.45, 7) is 3.50. The van der Waals surface area contributed by atoms with Gasteiger partial charge >= 0.3 is 7.60 Å². The number of rotatable bonds is 5. The van der Waals surface area contributed by atoms with Crippen molar-refractivity contribution in [1.82, 2.24) is 5.16 Å². The molecule has 0 aliphatic heterocycles. The van der Waals surface area contributed by atoms with Gasteiger partial charge in [-0.3, -0.25) is 4.57 Å². The normalized spacial score (nSPS) is 12.6. The average molecular weight is 295 g/mol. The van der Waals surface area contributed by atoms with E-state index in [0.29, 0.717) is 24.3 Å². The third-order valence-corrected chi connectivity index (χ3v) is 5.75. The Morgan fingerprint density at radius 3 is 2.30 bits per heavy atom. The quantitative estimate of drug-likeness (QED) is 0.824. The first-order valence-electron chi connectivity index (χ1n) is 6.53. The van der Waals surface area contributed by atoms with E-state index in [9.17, 15) is 14.4 Å². The van der Waals surface area contributed by atoms with Crippen LogP contribution < -0.4 is 0 Å². The fraction of sp³-hybridized carbons (Fsp3) is 0.357. The van der Waals surface area contributed by atoms with Gasteiger partial charge in [0.15, 0.2) is 5.76 Å². The fourth-order valence-corrected chi connectivity index (χ4v) is 3.63. The van der Waals surface area contributed by atoms with Crippen LogP contribution in [-0.2, 0) is 9.72 Å². The first-order valence-corrected chi connectivity index (χ1v) is 8.14. The zero-order valence-electron chi connectivity index (χ0n) is 11.5. The third-order valence-electron chi connectivity index (χ3n) is 3.77. The predicted octanol–water partition coefficient (Wildman–Crippen LogP) is 3.53. The van der Waals surface area contributed by atoms with E-state index in [2.05, 4.69) is 5.16 Å². The van der Waals surface area contributed by atoms with Gasteiger partial charge in [0, 0.05) is 11.6 Å². The molecular formula is C14H18NO4P. The number of aromatic nitrogens is 1. The highest BCUT2D eigenvalue weighted by Gasteiger charge is 2.47. The van der Waals surface area contributed by atoms with Crippen LogP contribution in [-0.4, -0.2) is 14.9 Å². The highest BCUT2D eigenvalue weighted by atomic mass is 31.2. The lowest BCUT2D eigenvalue weighted by Crippen LogP contribution is -2.24. The molecular weight excluding hydrogens is 277 g/mol. The summed E-state index contributed by atoms with van der Waals surface area (Å²) in [6, 6.07) is 11.0. The van der Waals surface area contributed by atoms with E-state index in [0.717, 1.165) is 5.56 Å². The summed E-state index contributed by atoms with van der Waals surface area (Å²) in [5.74, 6) is 0.514. The second-order valence-electron chi connectivity index (χ2n) is 4.73. The van der Waals surface area contributed by atoms with Crippen molar-refractivity contribution in [3.8, 4) is 11.3 Å². The summed E-state index contributed by atoms with van der Waals surface area (Å²) >= 11 is 0. The molecule has 0 atom stereocenters. The van der Waals surface area contributed by atoms with Crippen molar-refractivity contribution < 1.29 is 18.9 Å². The Labute approximate surface area is 117 Å². The Morgan fingerprint density at radius 1 is 1.20 bits per heavy atom. The Kier molecular flexibility index (Phi) is 4.14. The fourth-order valence-electron chi connectivity index (χ4n) is 2.41. The highest BCUT2D eigenvalue weighted by Crippen LogP contribution is 2.60. The van der Waals surface area contributed by atoms with Gasteiger partial charge in [-0.2, -0.15) is 0 Å². The summed E-state index contributed by atoms with van der Waals surface area (Å²) in [5.41, 5.74) is 1.15. The van der Waals surface area contributed by atoms with Crippen LogP contribution in [0, 0.1) is 0 Å². The Bertz CT molecular complexity index is 613. The number of nitrogens with zero attached hydrogens (tertiary/aromatic N) is 1. The van der Waals surface area contributed by atoms with Gasteiger partial charge in [0.25, 0.3) is 0 Å². The molecule has 108 valence electrons. The molecule has 1 heterocycles. The second kappa shape index (κ2) is 5.52. The van der Waals surface area contributed by atoms with Crippen LogP contribution in [0.2, 0.25) is 0 Å². The molecule has 6 heteroatoms. The van der Waals surface area contributed by atoms with Crippen LogP contribution in [0.5, 0.6) is 0 Å². The molecule has 1 aromatic carbocycles. The van der Waals surface area contributed by atoms with Gasteiger partial charge < -0.3 is 14.3 Å². The van der Waals surface area contributed by atoms with Gasteiger partial charge in [0.05, 0.1) is 0 Å². The van der Waals surface area contributed by atoms with Crippen molar-refractivity contribution in [1.29, 1.82) is 0 Å². The molecule has 5 nitrogen and oxygen atoms in total. The molecule has 0 saturated heterocycles. The lowest BCUT2D eigenvalue weighted by molar-refractivity contribution is 0.304. The monoisotopic (exact) mass is 295 g/mol. The number of hydrogen-bond acceptors (Lipinski definition) is 3. The van der Waals surface area contributed by atoms with E-state index in [1.165, 1.54) is 0 Å². The minimum atomic E-state index is -4.33. The standard InChI is InChI=1S/C14H18NO4P/c1-3-14(4-2,20(16,17)18)13-10-12(19-15-13)11-8-6-5-7-9-11/h5-10H,3-4H2,1-2H3,(H2,16,17,18). The van der Waals surface area contributed by atoms with Crippen molar-refractivity contribution in [3.63, 3.8) is 0 Å². The van der Waals surface area contributed by atoms with E-state index in [1.807, 2.05) is 30.3 Å². The Hall–Kier alpha value is -1.42. The van der Waals surface area contributed by atoms with E-state index in [-0.39, 0.29) is 0 Å². The molecule has 0 bridgehead atoms. The maximum Gasteiger partial charge on any atom is 0.337 e. The zero-order valence-corrected chi connectivity index (χ0v) is 12.4. The Morgan fingerprint density at radius 2 is 1.80 bits per heavy atom. The van der Waals surface area contributed by atoms with Crippen LogP contribution in [0.3, 0.4) is 0 Å². The minimum Gasteiger partial charge on any atom is -0.356 e. The molecule has 2 rings (SSSR count). The number of hydrogen-bond donors (Lipinski definition) is 2. The van der Waals surface area contributed by atoms with Crippen molar-refractivity contribution >= 4 is 7.60 Å². The molecule has 0 aliphatic rings. The van der Waals surface area contributed by atoms with Gasteiger partial charge in [-0.05, 0) is 12.8 Å². The summed E-state index contributed by atoms with van der Waals surface area (Å²) in [7, 11) is -4.33. The third kappa shape index (κ3) is 2.44. The van der Waals surface area contributed by atoms with Crippen molar-refractivity contribution in [2.45, 2.75) is 31.8 Å². The largest absolute Gasteiger partial charge is 0.356 e. The molecule has 0 spiro atoms. The van der Waals surface area contributed by atoms with Gasteiger partial charge in [0.1, 0.15) is 10.9 Å². The molecule has 0 saturated carbocycles. The summed E-state index contributed by atoms with van der Waals surface area (Å²) in [5, 5.41) is 2.63. The summed E-state index contributed by atoms with van der Waals surface area (Å²) < 4.78 is 17.1. The molecule has 20 heavy (non-hydrogen) atoms. The minimum absolute atomic E-state index is 0.300. The van der Waals surface area contributed by atoms with Gasteiger partial charge in [-0.15, -0.1) is 0 Å². The van der Waals surface area contributed by atoms with Gasteiger partial charge in [-0.25, -0.2) is 0 Å². The molecule has 1 aromatic heterocycles. The first kappa shape index (κ1) is 15.0. The van der Waals surface area contributed by atoms with Crippen molar-refractivity contribution in [3.05, 3.63) is 42.1 Å². The van der Waals surface area contributed by atoms with Crippen molar-refractivity contribution in [2.24, 2.45) is 0 Å². The zero-order chi connectivity index (χ0) is 14.8.